The zero-order valence-electron chi connectivity index (χ0n) is 11.6. The SMILES string of the molecule is CC(C)CCN(C)c1ccc(Br)cc1/C=C/C(=O)O. The van der Waals surface area contributed by atoms with Gasteiger partial charge in [-0.2, -0.15) is 0 Å². The highest BCUT2D eigenvalue weighted by atomic mass is 79.9. The summed E-state index contributed by atoms with van der Waals surface area (Å²) in [5.74, 6) is -0.285. The lowest BCUT2D eigenvalue weighted by atomic mass is 10.1. The van der Waals surface area contributed by atoms with Gasteiger partial charge in [-0.05, 0) is 42.2 Å². The van der Waals surface area contributed by atoms with Gasteiger partial charge in [-0.1, -0.05) is 29.8 Å². The lowest BCUT2D eigenvalue weighted by molar-refractivity contribution is -0.131. The summed E-state index contributed by atoms with van der Waals surface area (Å²) in [5, 5.41) is 8.74. The Morgan fingerprint density at radius 1 is 1.47 bits per heavy atom. The molecule has 1 aromatic rings. The van der Waals surface area contributed by atoms with Gasteiger partial charge in [0.25, 0.3) is 0 Å². The normalized spacial score (nSPS) is 11.2. The smallest absolute Gasteiger partial charge is 0.328 e. The molecule has 104 valence electrons. The second kappa shape index (κ2) is 7.34. The summed E-state index contributed by atoms with van der Waals surface area (Å²) in [6.45, 7) is 5.34. The van der Waals surface area contributed by atoms with Crippen LogP contribution in [0.1, 0.15) is 25.8 Å². The first kappa shape index (κ1) is 15.8. The molecule has 3 nitrogen and oxygen atoms in total. The van der Waals surface area contributed by atoms with Gasteiger partial charge in [-0.3, -0.25) is 0 Å². The molecule has 0 spiro atoms. The lowest BCUT2D eigenvalue weighted by Crippen LogP contribution is -2.20. The Kier molecular flexibility index (Phi) is 6.09. The third kappa shape index (κ3) is 5.47. The summed E-state index contributed by atoms with van der Waals surface area (Å²) in [5.41, 5.74) is 1.95. The van der Waals surface area contributed by atoms with Gasteiger partial charge >= 0.3 is 5.97 Å². The molecule has 1 aromatic carbocycles. The number of rotatable bonds is 6. The molecule has 19 heavy (non-hydrogen) atoms. The summed E-state index contributed by atoms with van der Waals surface area (Å²) in [6, 6.07) is 5.91. The zero-order chi connectivity index (χ0) is 14.4. The van der Waals surface area contributed by atoms with Crippen LogP contribution in [0, 0.1) is 5.92 Å². The van der Waals surface area contributed by atoms with Gasteiger partial charge in [0.2, 0.25) is 0 Å². The number of hydrogen-bond donors (Lipinski definition) is 1. The van der Waals surface area contributed by atoms with Crippen molar-refractivity contribution in [2.24, 2.45) is 5.92 Å². The van der Waals surface area contributed by atoms with E-state index in [1.165, 1.54) is 6.08 Å². The van der Waals surface area contributed by atoms with Crippen LogP contribution in [0.5, 0.6) is 0 Å². The molecule has 0 unspecified atom stereocenters. The molecule has 0 amide bonds. The van der Waals surface area contributed by atoms with Crippen molar-refractivity contribution < 1.29 is 9.90 Å². The Morgan fingerprint density at radius 3 is 2.74 bits per heavy atom. The first-order valence-corrected chi connectivity index (χ1v) is 7.11. The molecule has 0 saturated carbocycles. The minimum Gasteiger partial charge on any atom is -0.478 e. The van der Waals surface area contributed by atoms with Crippen LogP contribution in [-0.4, -0.2) is 24.7 Å². The molecule has 0 fully saturated rings. The predicted octanol–water partition coefficient (Wildman–Crippen LogP) is 4.03. The largest absolute Gasteiger partial charge is 0.478 e. The van der Waals surface area contributed by atoms with Gasteiger partial charge in [-0.15, -0.1) is 0 Å². The number of hydrogen-bond acceptors (Lipinski definition) is 2. The summed E-state index contributed by atoms with van der Waals surface area (Å²) in [7, 11) is 2.03. The van der Waals surface area contributed by atoms with Crippen molar-refractivity contribution in [3.63, 3.8) is 0 Å². The monoisotopic (exact) mass is 325 g/mol. The fourth-order valence-corrected chi connectivity index (χ4v) is 2.12. The first-order chi connectivity index (χ1) is 8.90. The fourth-order valence-electron chi connectivity index (χ4n) is 1.74. The van der Waals surface area contributed by atoms with E-state index >= 15 is 0 Å². The van der Waals surface area contributed by atoms with Crippen LogP contribution >= 0.6 is 15.9 Å². The average Bonchev–Trinajstić information content (AvgIpc) is 2.33. The Morgan fingerprint density at radius 2 is 2.16 bits per heavy atom. The molecule has 0 heterocycles. The molecular formula is C15H20BrNO2. The Balaban J connectivity index is 2.95. The third-order valence-corrected chi connectivity index (χ3v) is 3.34. The van der Waals surface area contributed by atoms with E-state index in [9.17, 15) is 4.79 Å². The maximum absolute atomic E-state index is 10.6. The van der Waals surface area contributed by atoms with Crippen molar-refractivity contribution >= 4 is 33.7 Å². The quantitative estimate of drug-likeness (QED) is 0.803. The number of carboxylic acid groups (broad SMARTS) is 1. The molecule has 0 aliphatic rings. The van der Waals surface area contributed by atoms with E-state index in [0.29, 0.717) is 5.92 Å². The number of halogens is 1. The maximum Gasteiger partial charge on any atom is 0.328 e. The highest BCUT2D eigenvalue weighted by Crippen LogP contribution is 2.25. The minimum atomic E-state index is -0.934. The van der Waals surface area contributed by atoms with Gasteiger partial charge in [0, 0.05) is 29.8 Å². The minimum absolute atomic E-state index is 0.649. The summed E-state index contributed by atoms with van der Waals surface area (Å²) < 4.78 is 0.943. The van der Waals surface area contributed by atoms with Crippen LogP contribution in [0.25, 0.3) is 6.08 Å². The third-order valence-electron chi connectivity index (χ3n) is 2.85. The average molecular weight is 326 g/mol. The number of carbonyl (C=O) groups is 1. The van der Waals surface area contributed by atoms with E-state index in [0.717, 1.165) is 28.7 Å². The van der Waals surface area contributed by atoms with Crippen molar-refractivity contribution in [1.82, 2.24) is 0 Å². The van der Waals surface area contributed by atoms with Gasteiger partial charge in [0.1, 0.15) is 0 Å². The van der Waals surface area contributed by atoms with E-state index in [-0.39, 0.29) is 0 Å². The molecule has 0 atom stereocenters. The van der Waals surface area contributed by atoms with E-state index in [4.69, 9.17) is 5.11 Å². The summed E-state index contributed by atoms with van der Waals surface area (Å²) in [4.78, 5) is 12.8. The van der Waals surface area contributed by atoms with Crippen molar-refractivity contribution in [3.05, 3.63) is 34.3 Å². The van der Waals surface area contributed by atoms with Crippen LogP contribution in [0.15, 0.2) is 28.7 Å². The van der Waals surface area contributed by atoms with Crippen LogP contribution in [0.4, 0.5) is 5.69 Å². The number of carboxylic acids is 1. The molecule has 4 heteroatoms. The number of anilines is 1. The van der Waals surface area contributed by atoms with Gasteiger partial charge in [0.05, 0.1) is 0 Å². The van der Waals surface area contributed by atoms with E-state index in [1.807, 2.05) is 25.2 Å². The topological polar surface area (TPSA) is 40.5 Å². The van der Waals surface area contributed by atoms with Crippen molar-refractivity contribution in [3.8, 4) is 0 Å². The van der Waals surface area contributed by atoms with Crippen LogP contribution in [-0.2, 0) is 4.79 Å². The van der Waals surface area contributed by atoms with Crippen LogP contribution in [0.2, 0.25) is 0 Å². The van der Waals surface area contributed by atoms with Crippen molar-refractivity contribution in [2.75, 3.05) is 18.5 Å². The molecule has 1 N–H and O–H groups in total. The predicted molar refractivity (Wildman–Crippen MR) is 83.5 cm³/mol. The van der Waals surface area contributed by atoms with Gasteiger partial charge in [0.15, 0.2) is 0 Å². The molecule has 0 aromatic heterocycles. The molecular weight excluding hydrogens is 306 g/mol. The number of aliphatic carboxylic acids is 1. The fraction of sp³-hybridized carbons (Fsp3) is 0.400. The molecule has 1 rings (SSSR count). The van der Waals surface area contributed by atoms with E-state index in [1.54, 1.807) is 6.08 Å². The van der Waals surface area contributed by atoms with Gasteiger partial charge < -0.3 is 10.0 Å². The highest BCUT2D eigenvalue weighted by molar-refractivity contribution is 9.10. The Bertz CT molecular complexity index is 469. The molecule has 0 saturated heterocycles. The number of nitrogens with zero attached hydrogens (tertiary/aromatic N) is 1. The number of benzene rings is 1. The lowest BCUT2D eigenvalue weighted by Gasteiger charge is -2.22. The molecule has 0 radical (unpaired) electrons. The molecule has 0 aliphatic heterocycles. The summed E-state index contributed by atoms with van der Waals surface area (Å²) in [6.07, 6.45) is 3.91. The van der Waals surface area contributed by atoms with Gasteiger partial charge in [-0.25, -0.2) is 4.79 Å². The van der Waals surface area contributed by atoms with Crippen molar-refractivity contribution in [2.45, 2.75) is 20.3 Å². The highest BCUT2D eigenvalue weighted by Gasteiger charge is 2.07. The Labute approximate surface area is 123 Å². The second-order valence-corrected chi connectivity index (χ2v) is 5.89. The second-order valence-electron chi connectivity index (χ2n) is 4.98. The van der Waals surface area contributed by atoms with Crippen molar-refractivity contribution in [1.29, 1.82) is 0 Å². The van der Waals surface area contributed by atoms with E-state index < -0.39 is 5.97 Å². The molecule has 0 aliphatic carbocycles. The zero-order valence-corrected chi connectivity index (χ0v) is 13.1. The first-order valence-electron chi connectivity index (χ1n) is 6.32. The molecule has 0 bridgehead atoms. The summed E-state index contributed by atoms with van der Waals surface area (Å²) >= 11 is 3.41. The Hall–Kier alpha value is -1.29. The van der Waals surface area contributed by atoms with E-state index in [2.05, 4.69) is 34.7 Å². The maximum atomic E-state index is 10.6. The van der Waals surface area contributed by atoms with Crippen LogP contribution in [0.3, 0.4) is 0 Å². The van der Waals surface area contributed by atoms with Crippen LogP contribution < -0.4 is 4.90 Å². The standard InChI is InChI=1S/C15H20BrNO2/c1-11(2)8-9-17(3)14-6-5-13(16)10-12(14)4-7-15(18)19/h4-7,10-11H,8-9H2,1-3H3,(H,18,19)/b7-4+.